The highest BCUT2D eigenvalue weighted by Crippen LogP contribution is 2.26. The number of aromatic nitrogens is 1. The van der Waals surface area contributed by atoms with Gasteiger partial charge in [-0.25, -0.2) is 0 Å². The first-order valence-electron chi connectivity index (χ1n) is 8.23. The van der Waals surface area contributed by atoms with E-state index in [1.807, 2.05) is 29.3 Å². The van der Waals surface area contributed by atoms with E-state index in [0.29, 0.717) is 5.56 Å². The Kier molecular flexibility index (Phi) is 5.95. The lowest BCUT2D eigenvalue weighted by Crippen LogP contribution is -2.37. The molecule has 0 saturated carbocycles. The molecule has 0 bridgehead atoms. The quantitative estimate of drug-likeness (QED) is 0.671. The summed E-state index contributed by atoms with van der Waals surface area (Å²) in [7, 11) is 0. The second-order valence-electron chi connectivity index (χ2n) is 6.30. The van der Waals surface area contributed by atoms with Gasteiger partial charge in [-0.05, 0) is 48.6 Å². The molecule has 1 fully saturated rings. The van der Waals surface area contributed by atoms with Gasteiger partial charge < -0.3 is 4.90 Å². The molecule has 2 aromatic rings. The SMILES string of the molecule is CC1CCN(C(=O)c2cncc(CSc3cccc(Br)c3)c2)CC1. The third kappa shape index (κ3) is 4.61. The molecule has 0 aliphatic carbocycles. The Bertz CT molecular complexity index is 714. The van der Waals surface area contributed by atoms with Crippen molar-refractivity contribution in [3.8, 4) is 0 Å². The topological polar surface area (TPSA) is 33.2 Å². The molecule has 3 rings (SSSR count). The fourth-order valence-electron chi connectivity index (χ4n) is 2.80. The molecule has 24 heavy (non-hydrogen) atoms. The van der Waals surface area contributed by atoms with Gasteiger partial charge in [0.05, 0.1) is 5.56 Å². The van der Waals surface area contributed by atoms with Gasteiger partial charge in [0.1, 0.15) is 0 Å². The first-order valence-corrected chi connectivity index (χ1v) is 10.0. The highest BCUT2D eigenvalue weighted by atomic mass is 79.9. The average molecular weight is 405 g/mol. The van der Waals surface area contributed by atoms with Crippen molar-refractivity contribution in [3.05, 3.63) is 58.3 Å². The smallest absolute Gasteiger partial charge is 0.255 e. The monoisotopic (exact) mass is 404 g/mol. The van der Waals surface area contributed by atoms with E-state index in [1.165, 1.54) is 4.90 Å². The van der Waals surface area contributed by atoms with Crippen LogP contribution in [0.3, 0.4) is 0 Å². The van der Waals surface area contributed by atoms with Crippen LogP contribution in [0.5, 0.6) is 0 Å². The van der Waals surface area contributed by atoms with Crippen LogP contribution in [0.25, 0.3) is 0 Å². The van der Waals surface area contributed by atoms with E-state index in [4.69, 9.17) is 0 Å². The summed E-state index contributed by atoms with van der Waals surface area (Å²) < 4.78 is 1.08. The van der Waals surface area contributed by atoms with E-state index in [-0.39, 0.29) is 5.91 Å². The molecule has 0 radical (unpaired) electrons. The number of carbonyl (C=O) groups excluding carboxylic acids is 1. The number of rotatable bonds is 4. The van der Waals surface area contributed by atoms with E-state index in [0.717, 1.165) is 47.6 Å². The number of benzene rings is 1. The standard InChI is InChI=1S/C19H21BrN2OS/c1-14-5-7-22(8-6-14)19(23)16-9-15(11-21-12-16)13-24-18-4-2-3-17(20)10-18/h2-4,9-12,14H,5-8,13H2,1H3. The Morgan fingerprint density at radius 1 is 1.29 bits per heavy atom. The highest BCUT2D eigenvalue weighted by molar-refractivity contribution is 9.10. The Morgan fingerprint density at radius 2 is 2.08 bits per heavy atom. The van der Waals surface area contributed by atoms with Gasteiger partial charge in [-0.15, -0.1) is 11.8 Å². The van der Waals surface area contributed by atoms with E-state index in [9.17, 15) is 4.79 Å². The van der Waals surface area contributed by atoms with E-state index < -0.39 is 0 Å². The molecule has 1 aliphatic heterocycles. The maximum Gasteiger partial charge on any atom is 0.255 e. The maximum absolute atomic E-state index is 12.7. The largest absolute Gasteiger partial charge is 0.339 e. The summed E-state index contributed by atoms with van der Waals surface area (Å²) in [6.07, 6.45) is 5.73. The number of nitrogens with zero attached hydrogens (tertiary/aromatic N) is 2. The Balaban J connectivity index is 1.64. The molecule has 3 nitrogen and oxygen atoms in total. The first-order chi connectivity index (χ1) is 11.6. The van der Waals surface area contributed by atoms with E-state index in [2.05, 4.69) is 40.0 Å². The molecule has 0 N–H and O–H groups in total. The number of likely N-dealkylation sites (tertiary alicyclic amines) is 1. The lowest BCUT2D eigenvalue weighted by atomic mass is 9.99. The van der Waals surface area contributed by atoms with E-state index in [1.54, 1.807) is 18.0 Å². The van der Waals surface area contributed by atoms with Crippen molar-refractivity contribution in [1.82, 2.24) is 9.88 Å². The van der Waals surface area contributed by atoms with Gasteiger partial charge in [0.2, 0.25) is 0 Å². The van der Waals surface area contributed by atoms with Crippen LogP contribution in [0, 0.1) is 5.92 Å². The number of pyridine rings is 1. The zero-order chi connectivity index (χ0) is 16.9. The molecule has 2 heterocycles. The Hall–Kier alpha value is -1.33. The van der Waals surface area contributed by atoms with Crippen LogP contribution in [-0.4, -0.2) is 28.9 Å². The van der Waals surface area contributed by atoms with Crippen molar-refractivity contribution in [3.63, 3.8) is 0 Å². The molecule has 5 heteroatoms. The molecule has 1 saturated heterocycles. The molecule has 1 aliphatic rings. The van der Waals surface area contributed by atoms with Gasteiger partial charge in [0.15, 0.2) is 0 Å². The summed E-state index contributed by atoms with van der Waals surface area (Å²) in [6.45, 7) is 3.97. The number of halogens is 1. The molecule has 0 atom stereocenters. The predicted molar refractivity (Wildman–Crippen MR) is 102 cm³/mol. The molecular formula is C19H21BrN2OS. The summed E-state index contributed by atoms with van der Waals surface area (Å²) in [5, 5.41) is 0. The van der Waals surface area contributed by atoms with Gasteiger partial charge in [-0.3, -0.25) is 9.78 Å². The summed E-state index contributed by atoms with van der Waals surface area (Å²) in [4.78, 5) is 20.1. The molecule has 1 aromatic carbocycles. The molecule has 0 spiro atoms. The number of carbonyl (C=O) groups is 1. The van der Waals surface area contributed by atoms with Crippen LogP contribution in [0.2, 0.25) is 0 Å². The molecule has 1 amide bonds. The number of piperidine rings is 1. The van der Waals surface area contributed by atoms with E-state index >= 15 is 0 Å². The van der Waals surface area contributed by atoms with Crippen LogP contribution >= 0.6 is 27.7 Å². The fraction of sp³-hybridized carbons (Fsp3) is 0.368. The zero-order valence-corrected chi connectivity index (χ0v) is 16.1. The van der Waals surface area contributed by atoms with Crippen molar-refractivity contribution in [2.24, 2.45) is 5.92 Å². The van der Waals surface area contributed by atoms with Crippen LogP contribution in [0.4, 0.5) is 0 Å². The maximum atomic E-state index is 12.7. The van der Waals surface area contributed by atoms with Gasteiger partial charge >= 0.3 is 0 Å². The lowest BCUT2D eigenvalue weighted by molar-refractivity contribution is 0.0696. The average Bonchev–Trinajstić information content (AvgIpc) is 2.60. The number of hydrogen-bond acceptors (Lipinski definition) is 3. The summed E-state index contributed by atoms with van der Waals surface area (Å²) in [5.41, 5.74) is 1.79. The van der Waals surface area contributed by atoms with Crippen molar-refractivity contribution in [1.29, 1.82) is 0 Å². The molecule has 126 valence electrons. The lowest BCUT2D eigenvalue weighted by Gasteiger charge is -2.30. The normalized spacial score (nSPS) is 15.5. The number of amides is 1. The molecular weight excluding hydrogens is 384 g/mol. The van der Waals surface area contributed by atoms with Gasteiger partial charge in [-0.1, -0.05) is 28.9 Å². The van der Waals surface area contributed by atoms with Crippen molar-refractivity contribution < 1.29 is 4.79 Å². The zero-order valence-electron chi connectivity index (χ0n) is 13.7. The fourth-order valence-corrected chi connectivity index (χ4v) is 4.23. The second-order valence-corrected chi connectivity index (χ2v) is 8.27. The molecule has 1 aromatic heterocycles. The highest BCUT2D eigenvalue weighted by Gasteiger charge is 2.21. The third-order valence-corrected chi connectivity index (χ3v) is 5.87. The first kappa shape index (κ1) is 17.5. The van der Waals surface area contributed by atoms with Crippen molar-refractivity contribution in [2.45, 2.75) is 30.4 Å². The third-order valence-electron chi connectivity index (χ3n) is 4.31. The van der Waals surface area contributed by atoms with Crippen LogP contribution in [0.1, 0.15) is 35.7 Å². The van der Waals surface area contributed by atoms with Crippen LogP contribution in [0.15, 0.2) is 52.1 Å². The number of hydrogen-bond donors (Lipinski definition) is 0. The summed E-state index contributed by atoms with van der Waals surface area (Å²) in [5.74, 6) is 1.64. The minimum Gasteiger partial charge on any atom is -0.339 e. The minimum absolute atomic E-state index is 0.115. The van der Waals surface area contributed by atoms with Gasteiger partial charge in [0, 0.05) is 40.6 Å². The van der Waals surface area contributed by atoms with Gasteiger partial charge in [-0.2, -0.15) is 0 Å². The Labute approximate surface area is 156 Å². The van der Waals surface area contributed by atoms with Crippen molar-refractivity contribution in [2.75, 3.05) is 13.1 Å². The Morgan fingerprint density at radius 3 is 2.83 bits per heavy atom. The summed E-state index contributed by atoms with van der Waals surface area (Å²) >= 11 is 5.24. The minimum atomic E-state index is 0.115. The van der Waals surface area contributed by atoms with Crippen LogP contribution in [-0.2, 0) is 5.75 Å². The summed E-state index contributed by atoms with van der Waals surface area (Å²) in [6, 6.07) is 10.2. The second kappa shape index (κ2) is 8.17. The number of thioether (sulfide) groups is 1. The molecule has 0 unspecified atom stereocenters. The van der Waals surface area contributed by atoms with Crippen molar-refractivity contribution >= 4 is 33.6 Å². The van der Waals surface area contributed by atoms with Gasteiger partial charge in [0.25, 0.3) is 5.91 Å². The predicted octanol–water partition coefficient (Wildman–Crippen LogP) is 5.01. The van der Waals surface area contributed by atoms with Crippen LogP contribution < -0.4 is 0 Å².